The van der Waals surface area contributed by atoms with E-state index in [2.05, 4.69) is 0 Å². The van der Waals surface area contributed by atoms with Crippen LogP contribution in [-0.4, -0.2) is 32.5 Å². The molecule has 6 nitrogen and oxygen atoms in total. The molecule has 1 fully saturated rings. The molecule has 0 amide bonds. The predicted octanol–water partition coefficient (Wildman–Crippen LogP) is -0.457. The third-order valence-electron chi connectivity index (χ3n) is 2.95. The summed E-state index contributed by atoms with van der Waals surface area (Å²) in [6.07, 6.45) is -2.16. The fraction of sp³-hybridized carbons (Fsp3) is 0.600. The van der Waals surface area contributed by atoms with E-state index in [0.717, 1.165) is 23.8 Å². The SMILES string of the molecule is C[C@H]1O[C@@H](n2ccc(=O)[nH]c2=O)[C@](C)(F)[C@@H]1O. The zero-order valence-electron chi connectivity index (χ0n) is 9.38. The van der Waals surface area contributed by atoms with Crippen LogP contribution in [0.3, 0.4) is 0 Å². The molecule has 17 heavy (non-hydrogen) atoms. The van der Waals surface area contributed by atoms with Crippen LogP contribution in [0.4, 0.5) is 4.39 Å². The van der Waals surface area contributed by atoms with E-state index in [1.54, 1.807) is 0 Å². The first-order valence-corrected chi connectivity index (χ1v) is 5.18. The summed E-state index contributed by atoms with van der Waals surface area (Å²) in [7, 11) is 0. The lowest BCUT2D eigenvalue weighted by atomic mass is 9.99. The number of nitrogens with one attached hydrogen (secondary N) is 1. The van der Waals surface area contributed by atoms with E-state index in [9.17, 15) is 19.1 Å². The maximum atomic E-state index is 14.3. The molecule has 0 aromatic carbocycles. The van der Waals surface area contributed by atoms with E-state index < -0.39 is 35.4 Å². The summed E-state index contributed by atoms with van der Waals surface area (Å²) in [5.41, 5.74) is -3.44. The number of aromatic amines is 1. The summed E-state index contributed by atoms with van der Waals surface area (Å²) in [6, 6.07) is 1.09. The summed E-state index contributed by atoms with van der Waals surface area (Å²) in [4.78, 5) is 24.4. The number of aromatic nitrogens is 2. The maximum absolute atomic E-state index is 14.3. The normalized spacial score (nSPS) is 37.3. The summed E-state index contributed by atoms with van der Waals surface area (Å²) in [5.74, 6) is 0. The van der Waals surface area contributed by atoms with Crippen molar-refractivity contribution in [3.05, 3.63) is 33.1 Å². The molecule has 1 aromatic rings. The number of ether oxygens (including phenoxy) is 1. The maximum Gasteiger partial charge on any atom is 0.330 e. The van der Waals surface area contributed by atoms with Crippen LogP contribution >= 0.6 is 0 Å². The number of hydrogen-bond donors (Lipinski definition) is 2. The van der Waals surface area contributed by atoms with Gasteiger partial charge in [-0.15, -0.1) is 0 Å². The largest absolute Gasteiger partial charge is 0.387 e. The molecular formula is C10H13FN2O4. The van der Waals surface area contributed by atoms with Gasteiger partial charge in [-0.1, -0.05) is 0 Å². The van der Waals surface area contributed by atoms with Gasteiger partial charge in [0.05, 0.1) is 6.10 Å². The Kier molecular flexibility index (Phi) is 2.67. The number of aliphatic hydroxyl groups excluding tert-OH is 1. The van der Waals surface area contributed by atoms with Gasteiger partial charge in [0.1, 0.15) is 6.10 Å². The van der Waals surface area contributed by atoms with E-state index in [1.165, 1.54) is 6.92 Å². The molecule has 7 heteroatoms. The van der Waals surface area contributed by atoms with Crippen LogP contribution in [-0.2, 0) is 4.74 Å². The highest BCUT2D eigenvalue weighted by Gasteiger charge is 2.53. The predicted molar refractivity (Wildman–Crippen MR) is 56.4 cm³/mol. The van der Waals surface area contributed by atoms with Crippen LogP contribution in [0.25, 0.3) is 0 Å². The van der Waals surface area contributed by atoms with Gasteiger partial charge in [0.15, 0.2) is 11.9 Å². The molecule has 1 aliphatic rings. The van der Waals surface area contributed by atoms with E-state index in [0.29, 0.717) is 0 Å². The topological polar surface area (TPSA) is 84.3 Å². The zero-order valence-corrected chi connectivity index (χ0v) is 9.38. The Labute approximate surface area is 95.7 Å². The van der Waals surface area contributed by atoms with Crippen molar-refractivity contribution in [1.82, 2.24) is 9.55 Å². The monoisotopic (exact) mass is 244 g/mol. The minimum Gasteiger partial charge on any atom is -0.387 e. The van der Waals surface area contributed by atoms with Crippen LogP contribution in [0.2, 0.25) is 0 Å². The van der Waals surface area contributed by atoms with Gasteiger partial charge in [-0.2, -0.15) is 0 Å². The van der Waals surface area contributed by atoms with Gasteiger partial charge in [0, 0.05) is 12.3 Å². The second-order valence-electron chi connectivity index (χ2n) is 4.31. The highest BCUT2D eigenvalue weighted by molar-refractivity contribution is 4.99. The van der Waals surface area contributed by atoms with Gasteiger partial charge in [0.2, 0.25) is 0 Å². The summed E-state index contributed by atoms with van der Waals surface area (Å²) in [6.45, 7) is 2.67. The van der Waals surface area contributed by atoms with Crippen molar-refractivity contribution in [2.45, 2.75) is 38.0 Å². The van der Waals surface area contributed by atoms with Crippen LogP contribution < -0.4 is 11.2 Å². The molecular weight excluding hydrogens is 231 g/mol. The number of nitrogens with zero attached hydrogens (tertiary/aromatic N) is 1. The lowest BCUT2D eigenvalue weighted by Crippen LogP contribution is -2.43. The van der Waals surface area contributed by atoms with Gasteiger partial charge in [-0.25, -0.2) is 9.18 Å². The van der Waals surface area contributed by atoms with E-state index in [4.69, 9.17) is 4.74 Å². The minimum atomic E-state index is -2.10. The van der Waals surface area contributed by atoms with Gasteiger partial charge in [-0.05, 0) is 13.8 Å². The van der Waals surface area contributed by atoms with Crippen molar-refractivity contribution in [3.63, 3.8) is 0 Å². The van der Waals surface area contributed by atoms with Gasteiger partial charge in [-0.3, -0.25) is 14.3 Å². The zero-order chi connectivity index (χ0) is 12.8. The highest BCUT2D eigenvalue weighted by atomic mass is 19.1. The number of H-pyrrole nitrogens is 1. The smallest absolute Gasteiger partial charge is 0.330 e. The number of halogens is 1. The molecule has 4 atom stereocenters. The quantitative estimate of drug-likeness (QED) is 0.700. The molecule has 0 bridgehead atoms. The molecule has 1 aromatic heterocycles. The van der Waals surface area contributed by atoms with Crippen molar-refractivity contribution >= 4 is 0 Å². The van der Waals surface area contributed by atoms with Gasteiger partial charge in [0.25, 0.3) is 5.56 Å². The number of alkyl halides is 1. The number of aliphatic hydroxyl groups is 1. The molecule has 0 aliphatic carbocycles. The first-order chi connectivity index (χ1) is 7.84. The third-order valence-corrected chi connectivity index (χ3v) is 2.95. The average Bonchev–Trinajstić information content (AvgIpc) is 2.43. The Morgan fingerprint density at radius 2 is 2.24 bits per heavy atom. The molecule has 0 spiro atoms. The molecule has 0 saturated carbocycles. The second kappa shape index (κ2) is 3.78. The minimum absolute atomic E-state index is 0.571. The van der Waals surface area contributed by atoms with Crippen molar-refractivity contribution < 1.29 is 14.2 Å². The van der Waals surface area contributed by atoms with Crippen molar-refractivity contribution in [2.24, 2.45) is 0 Å². The summed E-state index contributed by atoms with van der Waals surface area (Å²) < 4.78 is 20.4. The van der Waals surface area contributed by atoms with Crippen LogP contribution in [0, 0.1) is 0 Å². The molecule has 2 N–H and O–H groups in total. The molecule has 1 saturated heterocycles. The number of hydrogen-bond acceptors (Lipinski definition) is 4. The standard InChI is InChI=1S/C10H13FN2O4/c1-5-7(15)10(2,11)8(17-5)13-4-3-6(14)12-9(13)16/h3-5,7-8,15H,1-2H3,(H,12,14,16)/t5-,7-,8-,10-/m1/s1. The molecule has 2 rings (SSSR count). The second-order valence-corrected chi connectivity index (χ2v) is 4.31. The van der Waals surface area contributed by atoms with E-state index in [1.807, 2.05) is 4.98 Å². The fourth-order valence-corrected chi connectivity index (χ4v) is 1.97. The Morgan fingerprint density at radius 3 is 2.71 bits per heavy atom. The van der Waals surface area contributed by atoms with Gasteiger partial charge < -0.3 is 9.84 Å². The van der Waals surface area contributed by atoms with Crippen molar-refractivity contribution in [3.8, 4) is 0 Å². The van der Waals surface area contributed by atoms with E-state index >= 15 is 0 Å². The van der Waals surface area contributed by atoms with Crippen LogP contribution in [0.15, 0.2) is 21.9 Å². The van der Waals surface area contributed by atoms with Crippen molar-refractivity contribution in [1.29, 1.82) is 0 Å². The Morgan fingerprint density at radius 1 is 1.59 bits per heavy atom. The Bertz CT molecular complexity index is 536. The Hall–Kier alpha value is -1.47. The lowest BCUT2D eigenvalue weighted by molar-refractivity contribution is -0.0475. The summed E-state index contributed by atoms with van der Waals surface area (Å²) in [5, 5.41) is 9.62. The summed E-state index contributed by atoms with van der Waals surface area (Å²) >= 11 is 0. The van der Waals surface area contributed by atoms with E-state index in [-0.39, 0.29) is 0 Å². The molecule has 94 valence electrons. The first-order valence-electron chi connectivity index (χ1n) is 5.18. The van der Waals surface area contributed by atoms with Crippen molar-refractivity contribution in [2.75, 3.05) is 0 Å². The first kappa shape index (κ1) is 12.0. The molecule has 0 radical (unpaired) electrons. The highest BCUT2D eigenvalue weighted by Crippen LogP contribution is 2.40. The Balaban J connectivity index is 2.48. The lowest BCUT2D eigenvalue weighted by Gasteiger charge is -2.24. The fourth-order valence-electron chi connectivity index (χ4n) is 1.97. The average molecular weight is 244 g/mol. The van der Waals surface area contributed by atoms with Crippen LogP contribution in [0.5, 0.6) is 0 Å². The number of rotatable bonds is 1. The molecule has 2 heterocycles. The van der Waals surface area contributed by atoms with Crippen LogP contribution in [0.1, 0.15) is 20.1 Å². The third kappa shape index (κ3) is 1.81. The van der Waals surface area contributed by atoms with Gasteiger partial charge >= 0.3 is 5.69 Å². The molecule has 1 aliphatic heterocycles. The molecule has 0 unspecified atom stereocenters.